The number of aliphatic hydroxyl groups excluding tert-OH is 1. The van der Waals surface area contributed by atoms with Gasteiger partial charge in [0, 0.05) is 13.5 Å². The largest absolute Gasteiger partial charge is 0.481 e. The normalized spacial score (nSPS) is 9.85. The lowest BCUT2D eigenvalue weighted by Crippen LogP contribution is -1.78. The van der Waals surface area contributed by atoms with Crippen LogP contribution in [0.4, 0.5) is 0 Å². The van der Waals surface area contributed by atoms with Crippen molar-refractivity contribution < 1.29 is 24.5 Å². The number of carbonyl (C=O) groups is 2. The van der Waals surface area contributed by atoms with E-state index < -0.39 is 5.97 Å². The fraction of sp³-hybridized carbons (Fsp3) is 0.750. The molecule has 0 unspecified atom stereocenters. The highest BCUT2D eigenvalue weighted by Crippen LogP contribution is 1.84. The van der Waals surface area contributed by atoms with Gasteiger partial charge < -0.3 is 19.7 Å². The molecule has 0 amide bonds. The minimum atomic E-state index is -0.833. The van der Waals surface area contributed by atoms with E-state index in [1.54, 1.807) is 6.92 Å². The Kier molecular flexibility index (Phi) is 31.0. The molecule has 5 nitrogen and oxygen atoms in total. The van der Waals surface area contributed by atoms with E-state index in [9.17, 15) is 0 Å². The van der Waals surface area contributed by atoms with Crippen LogP contribution >= 0.6 is 0 Å². The summed E-state index contributed by atoms with van der Waals surface area (Å²) in [5.74, 6) is -0.833. The molecule has 0 saturated carbocycles. The van der Waals surface area contributed by atoms with E-state index >= 15 is 0 Å². The highest BCUT2D eigenvalue weighted by Gasteiger charge is 1.94. The van der Waals surface area contributed by atoms with Gasteiger partial charge in [-0.05, 0) is 13.8 Å². The van der Waals surface area contributed by atoms with Crippen molar-refractivity contribution in [2.45, 2.75) is 20.8 Å². The van der Waals surface area contributed by atoms with Gasteiger partial charge in [-0.3, -0.25) is 4.79 Å². The van der Waals surface area contributed by atoms with Gasteiger partial charge in [-0.1, -0.05) is 0 Å². The molecule has 1 saturated heterocycles. The fourth-order valence-corrected chi connectivity index (χ4v) is 0. The van der Waals surface area contributed by atoms with E-state index in [1.807, 2.05) is 0 Å². The Morgan fingerprint density at radius 2 is 1.62 bits per heavy atom. The second-order valence-electron chi connectivity index (χ2n) is 1.68. The monoisotopic (exact) mass is 194 g/mol. The predicted molar refractivity (Wildman–Crippen MR) is 48.6 cm³/mol. The van der Waals surface area contributed by atoms with Crippen molar-refractivity contribution in [1.29, 1.82) is 0 Å². The van der Waals surface area contributed by atoms with Crippen LogP contribution in [0, 0.1) is 0 Å². The lowest BCUT2D eigenvalue weighted by molar-refractivity contribution is -0.134. The summed E-state index contributed by atoms with van der Waals surface area (Å²) in [6, 6.07) is 0. The molecule has 1 aliphatic rings. The number of carboxylic acids is 1. The number of aliphatic carboxylic acids is 1. The summed E-state index contributed by atoms with van der Waals surface area (Å²) in [7, 11) is 0. The topological polar surface area (TPSA) is 87.1 Å². The highest BCUT2D eigenvalue weighted by molar-refractivity contribution is 5.62. The third-order valence-electron chi connectivity index (χ3n) is 0.204. The molecule has 0 aromatic carbocycles. The van der Waals surface area contributed by atoms with Gasteiger partial charge in [-0.2, -0.15) is 0 Å². The zero-order chi connectivity index (χ0) is 11.1. The number of epoxide rings is 1. The molecule has 0 aliphatic carbocycles. The average Bonchev–Trinajstić information content (AvgIpc) is 2.70. The van der Waals surface area contributed by atoms with Crippen molar-refractivity contribution >= 4 is 12.3 Å². The van der Waals surface area contributed by atoms with Gasteiger partial charge in [0.05, 0.1) is 13.2 Å². The first-order chi connectivity index (χ1) is 6.06. The smallest absolute Gasteiger partial charge is 0.300 e. The van der Waals surface area contributed by atoms with E-state index in [-0.39, 0.29) is 6.61 Å². The average molecular weight is 194 g/mol. The van der Waals surface area contributed by atoms with Gasteiger partial charge in [0.15, 0.2) is 0 Å². The highest BCUT2D eigenvalue weighted by atomic mass is 16.6. The summed E-state index contributed by atoms with van der Waals surface area (Å²) >= 11 is 0. The molecule has 1 rings (SSSR count). The van der Waals surface area contributed by atoms with Crippen LogP contribution < -0.4 is 0 Å². The quantitative estimate of drug-likeness (QED) is 0.428. The van der Waals surface area contributed by atoms with Crippen molar-refractivity contribution in [2.24, 2.45) is 0 Å². The van der Waals surface area contributed by atoms with Crippen LogP contribution in [-0.2, 0) is 14.3 Å². The number of hydrogen-bond donors (Lipinski definition) is 2. The number of hydrogen-bond acceptors (Lipinski definition) is 4. The van der Waals surface area contributed by atoms with Crippen LogP contribution in [0.25, 0.3) is 0 Å². The zero-order valence-corrected chi connectivity index (χ0v) is 8.32. The summed E-state index contributed by atoms with van der Waals surface area (Å²) in [6.07, 6.45) is 0.750. The predicted octanol–water partition coefficient (Wildman–Crippen LogP) is 0.311. The molecule has 2 N–H and O–H groups in total. The zero-order valence-electron chi connectivity index (χ0n) is 8.32. The lowest BCUT2D eigenvalue weighted by atomic mass is 10.9. The molecule has 13 heavy (non-hydrogen) atoms. The minimum Gasteiger partial charge on any atom is -0.481 e. The Balaban J connectivity index is -0.000000103. The Morgan fingerprint density at radius 1 is 1.54 bits per heavy atom. The third-order valence-corrected chi connectivity index (χ3v) is 0.204. The number of aliphatic hydroxyl groups is 1. The van der Waals surface area contributed by atoms with Gasteiger partial charge in [0.1, 0.15) is 6.29 Å². The van der Waals surface area contributed by atoms with Crippen LogP contribution in [0.2, 0.25) is 0 Å². The number of ether oxygens (including phenoxy) is 1. The first-order valence-electron chi connectivity index (χ1n) is 3.84. The summed E-state index contributed by atoms with van der Waals surface area (Å²) in [5, 5.41) is 15.0. The van der Waals surface area contributed by atoms with Crippen molar-refractivity contribution in [2.75, 3.05) is 19.8 Å². The van der Waals surface area contributed by atoms with E-state index in [1.165, 1.54) is 6.92 Å². The Bertz CT molecular complexity index is 94.0. The molecule has 1 heterocycles. The molecule has 0 spiro atoms. The van der Waals surface area contributed by atoms with E-state index in [0.29, 0.717) is 0 Å². The first-order valence-corrected chi connectivity index (χ1v) is 3.84. The number of carbonyl (C=O) groups excluding carboxylic acids is 1. The molecule has 80 valence electrons. The molecule has 0 atom stereocenters. The van der Waals surface area contributed by atoms with Crippen LogP contribution in [0.5, 0.6) is 0 Å². The minimum absolute atomic E-state index is 0.250. The van der Waals surface area contributed by atoms with E-state index in [2.05, 4.69) is 4.74 Å². The molecule has 0 aromatic heterocycles. The Hall–Kier alpha value is -0.940. The van der Waals surface area contributed by atoms with Gasteiger partial charge in [0.25, 0.3) is 5.97 Å². The van der Waals surface area contributed by atoms with Gasteiger partial charge in [-0.25, -0.2) is 0 Å². The maximum Gasteiger partial charge on any atom is 0.300 e. The summed E-state index contributed by atoms with van der Waals surface area (Å²) in [6.45, 7) is 6.46. The maximum atomic E-state index is 9.00. The van der Waals surface area contributed by atoms with Crippen molar-refractivity contribution in [1.82, 2.24) is 0 Å². The summed E-state index contributed by atoms with van der Waals surface area (Å²) < 4.78 is 4.50. The molecule has 1 aliphatic heterocycles. The fourth-order valence-electron chi connectivity index (χ4n) is 0. The first kappa shape index (κ1) is 18.0. The van der Waals surface area contributed by atoms with Crippen LogP contribution in [0.1, 0.15) is 20.8 Å². The lowest BCUT2D eigenvalue weighted by Gasteiger charge is -1.59. The van der Waals surface area contributed by atoms with Gasteiger partial charge in [0.2, 0.25) is 0 Å². The molecule has 0 aromatic rings. The Morgan fingerprint density at radius 3 is 1.62 bits per heavy atom. The second-order valence-corrected chi connectivity index (χ2v) is 1.68. The van der Waals surface area contributed by atoms with Gasteiger partial charge >= 0.3 is 0 Å². The number of aldehydes is 1. The summed E-state index contributed by atoms with van der Waals surface area (Å²) in [5.41, 5.74) is 0. The standard InChI is InChI=1S/C2H4O2.C2H4O.C2H6O.C2H4O/c1-2(3)4;1-2-3-1;2*1-2-3/h1H3,(H,3,4);1-2H2;3H,2H2,1H3;2H,1H3. The van der Waals surface area contributed by atoms with E-state index in [0.717, 1.165) is 26.4 Å². The van der Waals surface area contributed by atoms with Crippen molar-refractivity contribution in [3.63, 3.8) is 0 Å². The van der Waals surface area contributed by atoms with Crippen molar-refractivity contribution in [3.8, 4) is 0 Å². The van der Waals surface area contributed by atoms with Crippen molar-refractivity contribution in [3.05, 3.63) is 0 Å². The third kappa shape index (κ3) is 252000. The molecule has 5 heteroatoms. The number of rotatable bonds is 0. The van der Waals surface area contributed by atoms with Gasteiger partial charge in [-0.15, -0.1) is 0 Å². The molecule has 0 radical (unpaired) electrons. The van der Waals surface area contributed by atoms with Crippen LogP contribution in [0.3, 0.4) is 0 Å². The molecular weight excluding hydrogens is 176 g/mol. The summed E-state index contributed by atoms with van der Waals surface area (Å²) in [4.78, 5) is 17.8. The molecular formula is C8H18O5. The second kappa shape index (κ2) is 22.5. The SMILES string of the molecule is C1CO1.CC(=O)O.CC=O.CCO. The van der Waals surface area contributed by atoms with Crippen LogP contribution in [0.15, 0.2) is 0 Å². The Labute approximate surface area is 78.3 Å². The molecule has 1 fully saturated rings. The van der Waals surface area contributed by atoms with E-state index in [4.69, 9.17) is 19.8 Å². The maximum absolute atomic E-state index is 9.00. The number of carboxylic acid groups (broad SMARTS) is 1. The molecule has 0 bridgehead atoms. The van der Waals surface area contributed by atoms with Crippen LogP contribution in [-0.4, -0.2) is 42.3 Å².